The lowest BCUT2D eigenvalue weighted by atomic mass is 10.0. The highest BCUT2D eigenvalue weighted by Crippen LogP contribution is 2.25. The summed E-state index contributed by atoms with van der Waals surface area (Å²) < 4.78 is 10.9. The average molecular weight is 339 g/mol. The second kappa shape index (κ2) is 8.17. The van der Waals surface area contributed by atoms with E-state index in [2.05, 4.69) is 12.1 Å². The number of amides is 1. The number of methoxy groups -OCH3 is 2. The van der Waals surface area contributed by atoms with Crippen molar-refractivity contribution in [3.05, 3.63) is 65.7 Å². The molecule has 1 amide bonds. The van der Waals surface area contributed by atoms with E-state index in [1.807, 2.05) is 47.4 Å². The van der Waals surface area contributed by atoms with Crippen molar-refractivity contribution in [2.75, 3.05) is 20.8 Å². The number of rotatable bonds is 6. The van der Waals surface area contributed by atoms with Crippen LogP contribution in [-0.2, 0) is 22.4 Å². The Bertz CT molecular complexity index is 701. The molecule has 0 bridgehead atoms. The third kappa shape index (κ3) is 4.20. The Morgan fingerprint density at radius 3 is 2.56 bits per heavy atom. The van der Waals surface area contributed by atoms with E-state index in [0.717, 1.165) is 30.7 Å². The third-order valence-corrected chi connectivity index (χ3v) is 4.88. The van der Waals surface area contributed by atoms with Crippen LogP contribution in [-0.4, -0.2) is 43.7 Å². The normalized spacial score (nSPS) is 19.8. The smallest absolute Gasteiger partial charge is 0.227 e. The minimum absolute atomic E-state index is 0.0884. The molecule has 0 unspecified atom stereocenters. The molecule has 0 aliphatic carbocycles. The van der Waals surface area contributed by atoms with Crippen molar-refractivity contribution >= 4 is 5.91 Å². The number of benzene rings is 2. The number of hydrogen-bond donors (Lipinski definition) is 0. The minimum Gasteiger partial charge on any atom is -0.497 e. The molecule has 0 radical (unpaired) electrons. The molecule has 1 heterocycles. The monoisotopic (exact) mass is 339 g/mol. The number of nitrogens with zero attached hydrogens (tertiary/aromatic N) is 1. The highest BCUT2D eigenvalue weighted by atomic mass is 16.5. The molecule has 3 rings (SSSR count). The summed E-state index contributed by atoms with van der Waals surface area (Å²) in [7, 11) is 3.37. The Kier molecular flexibility index (Phi) is 5.71. The van der Waals surface area contributed by atoms with Gasteiger partial charge in [-0.1, -0.05) is 42.5 Å². The van der Waals surface area contributed by atoms with Gasteiger partial charge in [0.2, 0.25) is 5.91 Å². The maximum atomic E-state index is 12.9. The fourth-order valence-electron chi connectivity index (χ4n) is 3.57. The van der Waals surface area contributed by atoms with E-state index in [0.29, 0.717) is 6.42 Å². The predicted molar refractivity (Wildman–Crippen MR) is 97.8 cm³/mol. The number of carbonyl (C=O) groups excluding carboxylic acids is 1. The van der Waals surface area contributed by atoms with Gasteiger partial charge in [0.25, 0.3) is 0 Å². The molecule has 0 N–H and O–H groups in total. The summed E-state index contributed by atoms with van der Waals surface area (Å²) in [6.07, 6.45) is 2.19. The van der Waals surface area contributed by atoms with Crippen LogP contribution in [0.4, 0.5) is 0 Å². The summed E-state index contributed by atoms with van der Waals surface area (Å²) in [5, 5.41) is 0. The van der Waals surface area contributed by atoms with Gasteiger partial charge in [0, 0.05) is 13.7 Å². The molecule has 4 nitrogen and oxygen atoms in total. The first-order valence-corrected chi connectivity index (χ1v) is 8.70. The van der Waals surface area contributed by atoms with Crippen LogP contribution in [0.2, 0.25) is 0 Å². The first kappa shape index (κ1) is 17.5. The van der Waals surface area contributed by atoms with E-state index in [1.54, 1.807) is 14.2 Å². The van der Waals surface area contributed by atoms with Gasteiger partial charge in [-0.05, 0) is 36.1 Å². The van der Waals surface area contributed by atoms with Crippen molar-refractivity contribution in [3.63, 3.8) is 0 Å². The van der Waals surface area contributed by atoms with Crippen LogP contribution in [0.5, 0.6) is 5.75 Å². The molecule has 1 aliphatic rings. The maximum Gasteiger partial charge on any atom is 0.227 e. The Hall–Kier alpha value is -2.33. The van der Waals surface area contributed by atoms with Crippen molar-refractivity contribution in [2.45, 2.75) is 31.4 Å². The lowest BCUT2D eigenvalue weighted by Gasteiger charge is -2.28. The van der Waals surface area contributed by atoms with Crippen LogP contribution >= 0.6 is 0 Å². The van der Waals surface area contributed by atoms with Crippen LogP contribution in [0.3, 0.4) is 0 Å². The van der Waals surface area contributed by atoms with Crippen molar-refractivity contribution in [3.8, 4) is 5.75 Å². The average Bonchev–Trinajstić information content (AvgIpc) is 3.05. The highest BCUT2D eigenvalue weighted by molar-refractivity contribution is 5.79. The van der Waals surface area contributed by atoms with Crippen molar-refractivity contribution in [1.29, 1.82) is 0 Å². The number of ether oxygens (including phenoxy) is 2. The maximum absolute atomic E-state index is 12.9. The molecule has 2 aromatic carbocycles. The van der Waals surface area contributed by atoms with E-state index < -0.39 is 0 Å². The standard InChI is InChI=1S/C21H25NO3/c1-24-18-10-6-9-17(13-18)15-21(23)22-12-11-20(25-2)19(22)14-16-7-4-3-5-8-16/h3-10,13,19-20H,11-12,14-15H2,1-2H3/t19-,20+/m0/s1. The molecule has 1 fully saturated rings. The quantitative estimate of drug-likeness (QED) is 0.812. The molecule has 2 atom stereocenters. The lowest BCUT2D eigenvalue weighted by molar-refractivity contribution is -0.132. The number of likely N-dealkylation sites (tertiary alicyclic amines) is 1. The molecule has 0 spiro atoms. The van der Waals surface area contributed by atoms with Crippen LogP contribution < -0.4 is 4.74 Å². The second-order valence-corrected chi connectivity index (χ2v) is 6.44. The molecule has 0 saturated carbocycles. The van der Waals surface area contributed by atoms with Gasteiger partial charge in [-0.3, -0.25) is 4.79 Å². The van der Waals surface area contributed by atoms with Gasteiger partial charge >= 0.3 is 0 Å². The summed E-state index contributed by atoms with van der Waals surface area (Å²) in [6.45, 7) is 0.749. The summed E-state index contributed by atoms with van der Waals surface area (Å²) in [6, 6.07) is 18.1. The van der Waals surface area contributed by atoms with Gasteiger partial charge in [-0.2, -0.15) is 0 Å². The van der Waals surface area contributed by atoms with Crippen LogP contribution in [0, 0.1) is 0 Å². The Morgan fingerprint density at radius 1 is 1.08 bits per heavy atom. The summed E-state index contributed by atoms with van der Waals surface area (Å²) in [5.41, 5.74) is 2.21. The zero-order chi connectivity index (χ0) is 17.6. The molecule has 4 heteroatoms. The van der Waals surface area contributed by atoms with Crippen molar-refractivity contribution < 1.29 is 14.3 Å². The molecule has 132 valence electrons. The Labute approximate surface area is 149 Å². The number of hydrogen-bond acceptors (Lipinski definition) is 3. The predicted octanol–water partition coefficient (Wildman–Crippen LogP) is 3.10. The van der Waals surface area contributed by atoms with E-state index in [-0.39, 0.29) is 18.1 Å². The summed E-state index contributed by atoms with van der Waals surface area (Å²) >= 11 is 0. The lowest BCUT2D eigenvalue weighted by Crippen LogP contribution is -2.42. The molecule has 0 aromatic heterocycles. The first-order chi connectivity index (χ1) is 12.2. The third-order valence-electron chi connectivity index (χ3n) is 4.88. The van der Waals surface area contributed by atoms with Gasteiger partial charge in [-0.15, -0.1) is 0 Å². The number of carbonyl (C=O) groups is 1. The van der Waals surface area contributed by atoms with Gasteiger partial charge in [-0.25, -0.2) is 0 Å². The molecular weight excluding hydrogens is 314 g/mol. The zero-order valence-corrected chi connectivity index (χ0v) is 14.9. The van der Waals surface area contributed by atoms with Crippen LogP contribution in [0.15, 0.2) is 54.6 Å². The van der Waals surface area contributed by atoms with Gasteiger partial charge in [0.05, 0.1) is 25.7 Å². The molecule has 2 aromatic rings. The fraction of sp³-hybridized carbons (Fsp3) is 0.381. The van der Waals surface area contributed by atoms with Gasteiger partial charge in [0.15, 0.2) is 0 Å². The molecule has 1 saturated heterocycles. The Balaban J connectivity index is 1.73. The molecule has 25 heavy (non-hydrogen) atoms. The van der Waals surface area contributed by atoms with Crippen molar-refractivity contribution in [1.82, 2.24) is 4.90 Å². The SMILES string of the molecule is COc1cccc(CC(=O)N2CC[C@@H](OC)[C@@H]2Cc2ccccc2)c1. The van der Waals surface area contributed by atoms with E-state index in [1.165, 1.54) is 5.56 Å². The van der Waals surface area contributed by atoms with E-state index >= 15 is 0 Å². The highest BCUT2D eigenvalue weighted by Gasteiger charge is 2.36. The second-order valence-electron chi connectivity index (χ2n) is 6.44. The first-order valence-electron chi connectivity index (χ1n) is 8.70. The summed E-state index contributed by atoms with van der Waals surface area (Å²) in [4.78, 5) is 14.9. The van der Waals surface area contributed by atoms with Crippen LogP contribution in [0.1, 0.15) is 17.5 Å². The Morgan fingerprint density at radius 2 is 1.84 bits per heavy atom. The van der Waals surface area contributed by atoms with Crippen molar-refractivity contribution in [2.24, 2.45) is 0 Å². The van der Waals surface area contributed by atoms with Gasteiger partial charge < -0.3 is 14.4 Å². The van der Waals surface area contributed by atoms with Crippen LogP contribution in [0.25, 0.3) is 0 Å². The topological polar surface area (TPSA) is 38.8 Å². The summed E-state index contributed by atoms with van der Waals surface area (Å²) in [5.74, 6) is 0.927. The fourth-order valence-corrected chi connectivity index (χ4v) is 3.57. The van der Waals surface area contributed by atoms with E-state index in [4.69, 9.17) is 9.47 Å². The minimum atomic E-state index is 0.0884. The zero-order valence-electron chi connectivity index (χ0n) is 14.9. The molecule has 1 aliphatic heterocycles. The van der Waals surface area contributed by atoms with E-state index in [9.17, 15) is 4.79 Å². The largest absolute Gasteiger partial charge is 0.497 e. The van der Waals surface area contributed by atoms with Gasteiger partial charge in [0.1, 0.15) is 5.75 Å². The molecular formula is C21H25NO3.